The summed E-state index contributed by atoms with van der Waals surface area (Å²) in [5, 5.41) is 8.15. The predicted molar refractivity (Wildman–Crippen MR) is 119 cm³/mol. The maximum Gasteiger partial charge on any atom is 0.475 e. The molecule has 174 valence electrons. The first kappa shape index (κ1) is 25.8. The van der Waals surface area contributed by atoms with Crippen LogP contribution in [-0.2, 0) is 22.9 Å². The summed E-state index contributed by atoms with van der Waals surface area (Å²) in [4.78, 5) is 4.26. The highest BCUT2D eigenvalue weighted by Crippen LogP contribution is 2.53. The largest absolute Gasteiger partial charge is 0.475 e. The van der Waals surface area contributed by atoms with E-state index >= 15 is 0 Å². The number of ether oxygens (including phenoxy) is 1. The van der Waals surface area contributed by atoms with Crippen molar-refractivity contribution in [3.8, 4) is 0 Å². The number of hydrogen-bond acceptors (Lipinski definition) is 9. The van der Waals surface area contributed by atoms with Gasteiger partial charge in [0.05, 0.1) is 31.0 Å². The fourth-order valence-electron chi connectivity index (χ4n) is 2.67. The van der Waals surface area contributed by atoms with E-state index in [0.29, 0.717) is 23.3 Å². The van der Waals surface area contributed by atoms with Gasteiger partial charge in [-0.2, -0.15) is 0 Å². The molecule has 3 heterocycles. The fraction of sp³-hybridized carbons (Fsp3) is 0.643. The average Bonchev–Trinajstić information content (AvgIpc) is 3.30. The number of alkyl halides is 6. The summed E-state index contributed by atoms with van der Waals surface area (Å²) in [5.74, 6) is 0. The highest BCUT2D eigenvalue weighted by molar-refractivity contribution is 7.48. The molecule has 17 heteroatoms. The lowest BCUT2D eigenvalue weighted by atomic mass is 10.2. The van der Waals surface area contributed by atoms with Crippen LogP contribution in [-0.4, -0.2) is 60.1 Å². The molecule has 3 rings (SSSR count). The lowest BCUT2D eigenvalue weighted by Gasteiger charge is -2.23. The maximum absolute atomic E-state index is 12.9. The van der Waals surface area contributed by atoms with Gasteiger partial charge in [-0.1, -0.05) is 74.8 Å². The molecular formula is C14H16Cl6N5O5P. The number of nitrogens with zero attached hydrogens (tertiary/aromatic N) is 4. The normalized spacial score (nSPS) is 20.6. The van der Waals surface area contributed by atoms with Crippen molar-refractivity contribution in [2.45, 2.75) is 26.2 Å². The number of hydrogen-bond donors (Lipinski definition) is 1. The minimum atomic E-state index is -4.24. The van der Waals surface area contributed by atoms with Gasteiger partial charge in [-0.3, -0.25) is 13.6 Å². The van der Waals surface area contributed by atoms with Gasteiger partial charge in [-0.05, 0) is 6.07 Å². The van der Waals surface area contributed by atoms with Crippen LogP contribution in [0.3, 0.4) is 0 Å². The molecule has 2 aromatic rings. The molecule has 1 aliphatic heterocycles. The summed E-state index contributed by atoms with van der Waals surface area (Å²) in [6.45, 7) is -1.05. The minimum absolute atomic E-state index is 0.171. The number of rotatable bonds is 8. The minimum Gasteiger partial charge on any atom is -0.397 e. The van der Waals surface area contributed by atoms with E-state index in [4.69, 9.17) is 93.6 Å². The van der Waals surface area contributed by atoms with Crippen LogP contribution in [0.1, 0.15) is 12.5 Å². The van der Waals surface area contributed by atoms with Crippen LogP contribution in [0.15, 0.2) is 12.3 Å². The topological polar surface area (TPSA) is 124 Å². The van der Waals surface area contributed by atoms with Crippen molar-refractivity contribution in [2.24, 2.45) is 0 Å². The van der Waals surface area contributed by atoms with Crippen LogP contribution in [0.4, 0.5) is 5.69 Å². The number of aromatic nitrogens is 4. The predicted octanol–water partition coefficient (Wildman–Crippen LogP) is 4.64. The van der Waals surface area contributed by atoms with Crippen molar-refractivity contribution in [1.29, 1.82) is 0 Å². The smallest absolute Gasteiger partial charge is 0.397 e. The molecule has 0 bridgehead atoms. The van der Waals surface area contributed by atoms with Gasteiger partial charge >= 0.3 is 7.82 Å². The lowest BCUT2D eigenvalue weighted by Crippen LogP contribution is -2.20. The highest BCUT2D eigenvalue weighted by Gasteiger charge is 2.37. The monoisotopic (exact) mass is 575 g/mol. The first-order valence-corrected chi connectivity index (χ1v) is 12.3. The molecule has 0 aromatic carbocycles. The number of nitrogen functional groups attached to an aromatic ring is 1. The second kappa shape index (κ2) is 10.2. The zero-order valence-electron chi connectivity index (χ0n) is 15.5. The zero-order valence-corrected chi connectivity index (χ0v) is 20.9. The van der Waals surface area contributed by atoms with Crippen molar-refractivity contribution in [3.63, 3.8) is 0 Å². The van der Waals surface area contributed by atoms with Crippen LogP contribution in [0, 0.1) is 0 Å². The zero-order chi connectivity index (χ0) is 22.9. The van der Waals surface area contributed by atoms with Crippen molar-refractivity contribution in [3.05, 3.63) is 12.3 Å². The van der Waals surface area contributed by atoms with E-state index in [1.165, 1.54) is 0 Å². The number of halogens is 6. The Hall–Kier alpha value is 0.160. The van der Waals surface area contributed by atoms with E-state index in [9.17, 15) is 4.57 Å². The standard InChI is InChI=1S/C14H16Cl6N5O5P/c15-13(16,17)6-29-31(26,30-7-14(18,19)20)28-5-9-3-8(4-27-9)25-12-11(23-24-25)10(21)1-2-22-12/h1-2,8-9H,3-7H2,(H2,21,22). The molecule has 0 radical (unpaired) electrons. The molecule has 10 nitrogen and oxygen atoms in total. The molecule has 31 heavy (non-hydrogen) atoms. The summed E-state index contributed by atoms with van der Waals surface area (Å²) in [6, 6.07) is 1.44. The lowest BCUT2D eigenvalue weighted by molar-refractivity contribution is 0.0393. The van der Waals surface area contributed by atoms with Crippen molar-refractivity contribution in [1.82, 2.24) is 20.0 Å². The van der Waals surface area contributed by atoms with Gasteiger partial charge in [0, 0.05) is 12.6 Å². The second-order valence-electron chi connectivity index (χ2n) is 6.47. The highest BCUT2D eigenvalue weighted by atomic mass is 35.6. The van der Waals surface area contributed by atoms with E-state index in [0.717, 1.165) is 0 Å². The maximum atomic E-state index is 12.9. The fourth-order valence-corrected chi connectivity index (χ4v) is 4.73. The third-order valence-corrected chi connectivity index (χ3v) is 6.00. The third-order valence-electron chi connectivity index (χ3n) is 3.99. The number of fused-ring (bicyclic) bond motifs is 1. The van der Waals surface area contributed by atoms with Crippen LogP contribution in [0.2, 0.25) is 0 Å². The first-order chi connectivity index (χ1) is 14.4. The Morgan fingerprint density at radius 2 is 1.81 bits per heavy atom. The Morgan fingerprint density at radius 3 is 2.42 bits per heavy atom. The summed E-state index contributed by atoms with van der Waals surface area (Å²) >= 11 is 33.8. The van der Waals surface area contributed by atoms with Gasteiger partial charge in [-0.15, -0.1) is 5.10 Å². The third kappa shape index (κ3) is 7.58. The van der Waals surface area contributed by atoms with E-state index in [-0.39, 0.29) is 19.3 Å². The van der Waals surface area contributed by atoms with Gasteiger partial charge in [0.15, 0.2) is 11.2 Å². The molecule has 1 aliphatic rings. The Bertz CT molecular complexity index is 932. The molecule has 0 saturated carbocycles. The number of nitrogens with two attached hydrogens (primary N) is 1. The Morgan fingerprint density at radius 1 is 1.16 bits per heavy atom. The van der Waals surface area contributed by atoms with Gasteiger partial charge in [0.2, 0.25) is 7.59 Å². The van der Waals surface area contributed by atoms with Gasteiger partial charge < -0.3 is 10.5 Å². The van der Waals surface area contributed by atoms with E-state index < -0.39 is 34.7 Å². The molecule has 2 atom stereocenters. The number of phosphoric ester groups is 1. The molecule has 1 fully saturated rings. The summed E-state index contributed by atoms with van der Waals surface area (Å²) in [6.07, 6.45) is 1.53. The van der Waals surface area contributed by atoms with Crippen LogP contribution >= 0.6 is 77.4 Å². The summed E-state index contributed by atoms with van der Waals surface area (Å²) < 4.78 is 31.9. The van der Waals surface area contributed by atoms with Crippen molar-refractivity contribution in [2.75, 3.05) is 32.2 Å². The van der Waals surface area contributed by atoms with E-state index in [2.05, 4.69) is 15.3 Å². The van der Waals surface area contributed by atoms with Crippen molar-refractivity contribution >= 4 is 94.3 Å². The Balaban J connectivity index is 1.62. The molecule has 2 unspecified atom stereocenters. The van der Waals surface area contributed by atoms with Gasteiger partial charge in [0.25, 0.3) is 0 Å². The molecule has 0 spiro atoms. The van der Waals surface area contributed by atoms with E-state index in [1.54, 1.807) is 16.9 Å². The quantitative estimate of drug-likeness (QED) is 0.353. The average molecular weight is 578 g/mol. The summed E-state index contributed by atoms with van der Waals surface area (Å²) in [5.41, 5.74) is 7.37. The van der Waals surface area contributed by atoms with Crippen LogP contribution in [0.25, 0.3) is 11.2 Å². The van der Waals surface area contributed by atoms with Crippen LogP contribution < -0.4 is 5.73 Å². The molecule has 2 aromatic heterocycles. The summed E-state index contributed by atoms with van der Waals surface area (Å²) in [7, 11) is -4.24. The van der Waals surface area contributed by atoms with Gasteiger partial charge in [0.1, 0.15) is 13.2 Å². The first-order valence-electron chi connectivity index (χ1n) is 8.59. The second-order valence-corrected chi connectivity index (χ2v) is 13.2. The van der Waals surface area contributed by atoms with E-state index in [1.807, 2.05) is 0 Å². The molecule has 0 amide bonds. The molecule has 2 N–H and O–H groups in total. The molecular weight excluding hydrogens is 562 g/mol. The number of anilines is 1. The Kier molecular flexibility index (Phi) is 8.48. The van der Waals surface area contributed by atoms with Crippen molar-refractivity contribution < 1.29 is 22.9 Å². The number of pyridine rings is 1. The SMILES string of the molecule is Nc1ccnc2c1nnn2C1COC(COP(=O)(OCC(Cl)(Cl)Cl)OCC(Cl)(Cl)Cl)C1. The number of phosphoric acid groups is 1. The van der Waals surface area contributed by atoms with Gasteiger partial charge in [-0.25, -0.2) is 14.2 Å². The molecule has 1 saturated heterocycles. The Labute approximate surface area is 207 Å². The van der Waals surface area contributed by atoms with Crippen LogP contribution in [0.5, 0.6) is 0 Å². The molecule has 0 aliphatic carbocycles.